The fourth-order valence-electron chi connectivity index (χ4n) is 3.19. The van der Waals surface area contributed by atoms with Gasteiger partial charge < -0.3 is 14.5 Å². The summed E-state index contributed by atoms with van der Waals surface area (Å²) in [6.45, 7) is 5.54. The fourth-order valence-corrected chi connectivity index (χ4v) is 3.19. The van der Waals surface area contributed by atoms with Crippen LogP contribution in [0.3, 0.4) is 0 Å². The van der Waals surface area contributed by atoms with Crippen LogP contribution < -0.4 is 0 Å². The molecule has 0 bridgehead atoms. The van der Waals surface area contributed by atoms with Crippen molar-refractivity contribution < 1.29 is 9.53 Å². The van der Waals surface area contributed by atoms with Crippen LogP contribution >= 0.6 is 0 Å². The molecule has 0 radical (unpaired) electrons. The molecule has 3 aliphatic rings. The van der Waals surface area contributed by atoms with Crippen molar-refractivity contribution >= 4 is 6.03 Å². The molecule has 0 spiro atoms. The maximum absolute atomic E-state index is 12.3. The molecule has 5 nitrogen and oxygen atoms in total. The summed E-state index contributed by atoms with van der Waals surface area (Å²) in [5.74, 6) is 0. The average Bonchev–Trinajstić information content (AvgIpc) is 2.51. The van der Waals surface area contributed by atoms with Crippen LogP contribution in [0.15, 0.2) is 0 Å². The second kappa shape index (κ2) is 5.67. The van der Waals surface area contributed by atoms with Crippen molar-refractivity contribution in [3.8, 4) is 0 Å². The van der Waals surface area contributed by atoms with Crippen LogP contribution in [-0.4, -0.2) is 79.3 Å². The zero-order chi connectivity index (χ0) is 13.2. The monoisotopic (exact) mass is 267 g/mol. The predicted octanol–water partition coefficient (Wildman–Crippen LogP) is 0.997. The van der Waals surface area contributed by atoms with Gasteiger partial charge in [0.25, 0.3) is 0 Å². The third kappa shape index (κ3) is 2.72. The molecule has 0 aromatic rings. The first-order chi connectivity index (χ1) is 9.28. The van der Waals surface area contributed by atoms with E-state index in [2.05, 4.69) is 4.90 Å². The van der Waals surface area contributed by atoms with E-state index in [4.69, 9.17) is 4.74 Å². The van der Waals surface area contributed by atoms with E-state index in [1.807, 2.05) is 9.80 Å². The highest BCUT2D eigenvalue weighted by molar-refractivity contribution is 5.75. The summed E-state index contributed by atoms with van der Waals surface area (Å²) in [5, 5.41) is 0. The minimum atomic E-state index is 0.212. The van der Waals surface area contributed by atoms with E-state index in [0.717, 1.165) is 51.7 Å². The van der Waals surface area contributed by atoms with E-state index in [-0.39, 0.29) is 12.1 Å². The molecule has 0 unspecified atom stereocenters. The van der Waals surface area contributed by atoms with Gasteiger partial charge in [0, 0.05) is 39.3 Å². The standard InChI is InChI=1S/C14H25N3O2/c1-19-13-10-17(11-13)14(18)16-7-3-6-15(8-9-16)12-4-2-5-12/h12-13H,2-11H2,1H3. The molecule has 108 valence electrons. The van der Waals surface area contributed by atoms with Gasteiger partial charge >= 0.3 is 6.03 Å². The first-order valence-electron chi connectivity index (χ1n) is 7.58. The van der Waals surface area contributed by atoms with Crippen molar-refractivity contribution in [3.05, 3.63) is 0 Å². The number of amides is 2. The van der Waals surface area contributed by atoms with Crippen molar-refractivity contribution in [2.75, 3.05) is 46.4 Å². The third-order valence-corrected chi connectivity index (χ3v) is 4.84. The number of urea groups is 1. The lowest BCUT2D eigenvalue weighted by molar-refractivity contribution is -0.0154. The number of methoxy groups -OCH3 is 1. The molecular formula is C14H25N3O2. The number of nitrogens with zero attached hydrogens (tertiary/aromatic N) is 3. The Kier molecular flexibility index (Phi) is 3.93. The van der Waals surface area contributed by atoms with Crippen LogP contribution in [0.2, 0.25) is 0 Å². The van der Waals surface area contributed by atoms with Crippen LogP contribution in [-0.2, 0) is 4.74 Å². The molecule has 2 saturated heterocycles. The van der Waals surface area contributed by atoms with Gasteiger partial charge in [-0.05, 0) is 19.3 Å². The number of hydrogen-bond acceptors (Lipinski definition) is 3. The summed E-state index contributed by atoms with van der Waals surface area (Å²) >= 11 is 0. The van der Waals surface area contributed by atoms with Crippen molar-refractivity contribution in [1.82, 2.24) is 14.7 Å². The van der Waals surface area contributed by atoms with Gasteiger partial charge in [0.05, 0.1) is 19.2 Å². The quantitative estimate of drug-likeness (QED) is 0.749. The minimum absolute atomic E-state index is 0.212. The predicted molar refractivity (Wildman–Crippen MR) is 73.2 cm³/mol. The number of likely N-dealkylation sites (tertiary alicyclic amines) is 1. The summed E-state index contributed by atoms with van der Waals surface area (Å²) in [6, 6.07) is 1.01. The van der Waals surface area contributed by atoms with Crippen LogP contribution in [0.5, 0.6) is 0 Å². The normalized spacial score (nSPS) is 26.8. The number of hydrogen-bond donors (Lipinski definition) is 0. The summed E-state index contributed by atoms with van der Waals surface area (Å²) in [4.78, 5) is 18.9. The Labute approximate surface area is 115 Å². The lowest BCUT2D eigenvalue weighted by atomic mass is 9.91. The molecule has 3 rings (SSSR count). The fraction of sp³-hybridized carbons (Fsp3) is 0.929. The van der Waals surface area contributed by atoms with Gasteiger partial charge in [0.15, 0.2) is 0 Å². The van der Waals surface area contributed by atoms with E-state index in [1.54, 1.807) is 7.11 Å². The molecule has 0 atom stereocenters. The number of ether oxygens (including phenoxy) is 1. The molecule has 2 heterocycles. The van der Waals surface area contributed by atoms with Crippen molar-refractivity contribution in [2.45, 2.75) is 37.8 Å². The maximum atomic E-state index is 12.3. The summed E-state index contributed by atoms with van der Waals surface area (Å²) < 4.78 is 5.23. The smallest absolute Gasteiger partial charge is 0.320 e. The summed E-state index contributed by atoms with van der Waals surface area (Å²) in [5.41, 5.74) is 0. The lowest BCUT2D eigenvalue weighted by Crippen LogP contribution is -2.58. The van der Waals surface area contributed by atoms with Crippen LogP contribution in [0, 0.1) is 0 Å². The van der Waals surface area contributed by atoms with Crippen LogP contribution in [0.1, 0.15) is 25.7 Å². The van der Waals surface area contributed by atoms with E-state index in [1.165, 1.54) is 19.3 Å². The van der Waals surface area contributed by atoms with Crippen LogP contribution in [0.25, 0.3) is 0 Å². The van der Waals surface area contributed by atoms with Gasteiger partial charge in [-0.2, -0.15) is 0 Å². The van der Waals surface area contributed by atoms with E-state index in [0.29, 0.717) is 0 Å². The maximum Gasteiger partial charge on any atom is 0.320 e. The molecule has 19 heavy (non-hydrogen) atoms. The zero-order valence-electron chi connectivity index (χ0n) is 11.9. The lowest BCUT2D eigenvalue weighted by Gasteiger charge is -2.41. The third-order valence-electron chi connectivity index (χ3n) is 4.84. The Hall–Kier alpha value is -0.810. The van der Waals surface area contributed by atoms with Crippen molar-refractivity contribution in [2.24, 2.45) is 0 Å². The Morgan fingerprint density at radius 2 is 1.79 bits per heavy atom. The number of carbonyl (C=O) groups is 1. The molecule has 0 aromatic carbocycles. The highest BCUT2D eigenvalue weighted by atomic mass is 16.5. The highest BCUT2D eigenvalue weighted by Crippen LogP contribution is 2.25. The van der Waals surface area contributed by atoms with Gasteiger partial charge in [-0.1, -0.05) is 6.42 Å². The van der Waals surface area contributed by atoms with Gasteiger partial charge in [0.2, 0.25) is 0 Å². The van der Waals surface area contributed by atoms with E-state index >= 15 is 0 Å². The highest BCUT2D eigenvalue weighted by Gasteiger charge is 2.34. The van der Waals surface area contributed by atoms with E-state index < -0.39 is 0 Å². The Morgan fingerprint density at radius 3 is 2.42 bits per heavy atom. The number of rotatable bonds is 2. The minimum Gasteiger partial charge on any atom is -0.378 e. The van der Waals surface area contributed by atoms with Gasteiger partial charge in [-0.3, -0.25) is 4.90 Å². The zero-order valence-corrected chi connectivity index (χ0v) is 11.9. The molecule has 1 aliphatic carbocycles. The molecule has 2 aliphatic heterocycles. The molecule has 0 aromatic heterocycles. The summed E-state index contributed by atoms with van der Waals surface area (Å²) in [6.07, 6.45) is 5.47. The van der Waals surface area contributed by atoms with Gasteiger partial charge in [-0.25, -0.2) is 4.79 Å². The van der Waals surface area contributed by atoms with Crippen molar-refractivity contribution in [1.29, 1.82) is 0 Å². The molecule has 2 amide bonds. The second-order valence-corrected chi connectivity index (χ2v) is 6.01. The van der Waals surface area contributed by atoms with Crippen molar-refractivity contribution in [3.63, 3.8) is 0 Å². The molecule has 1 saturated carbocycles. The van der Waals surface area contributed by atoms with Gasteiger partial charge in [0.1, 0.15) is 0 Å². The Morgan fingerprint density at radius 1 is 1.00 bits per heavy atom. The largest absolute Gasteiger partial charge is 0.378 e. The molecular weight excluding hydrogens is 242 g/mol. The van der Waals surface area contributed by atoms with Gasteiger partial charge in [-0.15, -0.1) is 0 Å². The number of carbonyl (C=O) groups excluding carboxylic acids is 1. The van der Waals surface area contributed by atoms with E-state index in [9.17, 15) is 4.79 Å². The SMILES string of the molecule is COC1CN(C(=O)N2CCCN(C3CCC3)CC2)C1. The summed E-state index contributed by atoms with van der Waals surface area (Å²) in [7, 11) is 1.72. The topological polar surface area (TPSA) is 36.0 Å². The first-order valence-corrected chi connectivity index (χ1v) is 7.58. The average molecular weight is 267 g/mol. The Balaban J connectivity index is 1.47. The van der Waals surface area contributed by atoms with Crippen LogP contribution in [0.4, 0.5) is 4.79 Å². The first kappa shape index (κ1) is 13.2. The second-order valence-electron chi connectivity index (χ2n) is 6.01. The molecule has 5 heteroatoms. The molecule has 3 fully saturated rings. The molecule has 0 N–H and O–H groups in total. The Bertz CT molecular complexity index is 327.